The van der Waals surface area contributed by atoms with Crippen LogP contribution in [0.5, 0.6) is 11.5 Å². The Morgan fingerprint density at radius 3 is 2.57 bits per heavy atom. The Hall–Kier alpha value is -3.42. The molecular weight excluding hydrogens is 384 g/mol. The summed E-state index contributed by atoms with van der Waals surface area (Å²) in [6.07, 6.45) is 5.30. The van der Waals surface area contributed by atoms with Gasteiger partial charge in [0, 0.05) is 30.8 Å². The molecular formula is C22H26N4O4. The summed E-state index contributed by atoms with van der Waals surface area (Å²) in [5, 5.41) is 11.2. The Balaban J connectivity index is 1.56. The highest BCUT2D eigenvalue weighted by atomic mass is 16.5. The van der Waals surface area contributed by atoms with E-state index in [0.29, 0.717) is 24.6 Å². The number of hydrogen-bond donors (Lipinski definition) is 1. The summed E-state index contributed by atoms with van der Waals surface area (Å²) in [5.74, 6) is 2.27. The maximum atomic E-state index is 12.4. The highest BCUT2D eigenvalue weighted by Gasteiger charge is 2.15. The average molecular weight is 410 g/mol. The van der Waals surface area contributed by atoms with Gasteiger partial charge in [-0.1, -0.05) is 6.92 Å². The Kier molecular flexibility index (Phi) is 7.37. The molecule has 3 rings (SSSR count). The summed E-state index contributed by atoms with van der Waals surface area (Å²) in [7, 11) is 3.22. The molecule has 1 aromatic carbocycles. The van der Waals surface area contributed by atoms with Crippen molar-refractivity contribution in [3.63, 3.8) is 0 Å². The first-order valence-corrected chi connectivity index (χ1v) is 9.84. The van der Waals surface area contributed by atoms with E-state index in [2.05, 4.69) is 20.5 Å². The fourth-order valence-corrected chi connectivity index (χ4v) is 3.15. The van der Waals surface area contributed by atoms with Crippen LogP contribution < -0.4 is 14.8 Å². The zero-order chi connectivity index (χ0) is 21.3. The molecule has 1 atom stereocenters. The molecule has 0 spiro atoms. The van der Waals surface area contributed by atoms with Gasteiger partial charge in [-0.2, -0.15) is 0 Å². The molecule has 0 saturated heterocycles. The lowest BCUT2D eigenvalue weighted by Crippen LogP contribution is -2.28. The molecule has 1 N–H and O–H groups in total. The van der Waals surface area contributed by atoms with E-state index in [4.69, 9.17) is 13.9 Å². The molecule has 0 bridgehead atoms. The summed E-state index contributed by atoms with van der Waals surface area (Å²) < 4.78 is 16.4. The molecule has 8 nitrogen and oxygen atoms in total. The number of amides is 1. The lowest BCUT2D eigenvalue weighted by molar-refractivity contribution is -0.121. The van der Waals surface area contributed by atoms with Crippen molar-refractivity contribution >= 4 is 5.91 Å². The van der Waals surface area contributed by atoms with Crippen LogP contribution in [0.2, 0.25) is 0 Å². The highest BCUT2D eigenvalue weighted by Crippen LogP contribution is 2.26. The monoisotopic (exact) mass is 410 g/mol. The van der Waals surface area contributed by atoms with Gasteiger partial charge < -0.3 is 19.2 Å². The van der Waals surface area contributed by atoms with Crippen LogP contribution >= 0.6 is 0 Å². The zero-order valence-corrected chi connectivity index (χ0v) is 17.4. The summed E-state index contributed by atoms with van der Waals surface area (Å²) in [5.41, 5.74) is 1.92. The maximum Gasteiger partial charge on any atom is 0.221 e. The standard InChI is InChI=1S/C22H26N4O4/c1-4-18(15-9-11-23-12-10-15)24-20(27)7-8-21-25-26-22(30-21)14-16-13-17(28-2)5-6-19(16)29-3/h5-6,9-13,18H,4,7-8,14H2,1-3H3,(H,24,27). The number of benzene rings is 1. The van der Waals surface area contributed by atoms with Crippen molar-refractivity contribution in [2.45, 2.75) is 38.6 Å². The topological polar surface area (TPSA) is 99.4 Å². The third-order valence-corrected chi connectivity index (χ3v) is 4.76. The van der Waals surface area contributed by atoms with E-state index in [9.17, 15) is 4.79 Å². The summed E-state index contributed by atoms with van der Waals surface area (Å²) in [6, 6.07) is 9.31. The molecule has 3 aromatic rings. The van der Waals surface area contributed by atoms with E-state index in [1.165, 1.54) is 0 Å². The van der Waals surface area contributed by atoms with Crippen LogP contribution in [0.1, 0.15) is 48.7 Å². The van der Waals surface area contributed by atoms with Crippen LogP contribution in [0.15, 0.2) is 47.1 Å². The van der Waals surface area contributed by atoms with Gasteiger partial charge in [-0.25, -0.2) is 0 Å². The molecule has 0 saturated carbocycles. The Morgan fingerprint density at radius 2 is 1.87 bits per heavy atom. The molecule has 2 aromatic heterocycles. The molecule has 8 heteroatoms. The summed E-state index contributed by atoms with van der Waals surface area (Å²) in [6.45, 7) is 2.03. The zero-order valence-electron chi connectivity index (χ0n) is 17.4. The summed E-state index contributed by atoms with van der Waals surface area (Å²) >= 11 is 0. The number of ether oxygens (including phenoxy) is 2. The lowest BCUT2D eigenvalue weighted by atomic mass is 10.1. The van der Waals surface area contributed by atoms with Gasteiger partial charge in [0.05, 0.1) is 26.7 Å². The second kappa shape index (κ2) is 10.4. The first kappa shape index (κ1) is 21.3. The minimum atomic E-state index is -0.0622. The predicted octanol–water partition coefficient (Wildman–Crippen LogP) is 3.27. The van der Waals surface area contributed by atoms with Gasteiger partial charge >= 0.3 is 0 Å². The van der Waals surface area contributed by atoms with E-state index in [-0.39, 0.29) is 18.4 Å². The minimum Gasteiger partial charge on any atom is -0.497 e. The average Bonchev–Trinajstić information content (AvgIpc) is 3.23. The van der Waals surface area contributed by atoms with Crippen LogP contribution in [-0.4, -0.2) is 35.3 Å². The van der Waals surface area contributed by atoms with Crippen molar-refractivity contribution in [1.82, 2.24) is 20.5 Å². The SMILES string of the molecule is CCC(NC(=O)CCc1nnc(Cc2cc(OC)ccc2OC)o1)c1ccncc1. The van der Waals surface area contributed by atoms with Crippen LogP contribution in [0, 0.1) is 0 Å². The third-order valence-electron chi connectivity index (χ3n) is 4.76. The summed E-state index contributed by atoms with van der Waals surface area (Å²) in [4.78, 5) is 16.4. The van der Waals surface area contributed by atoms with Gasteiger partial charge in [-0.15, -0.1) is 10.2 Å². The van der Waals surface area contributed by atoms with Crippen molar-refractivity contribution in [3.8, 4) is 11.5 Å². The molecule has 30 heavy (non-hydrogen) atoms. The van der Waals surface area contributed by atoms with E-state index in [1.54, 1.807) is 26.6 Å². The van der Waals surface area contributed by atoms with Crippen LogP contribution in [0.4, 0.5) is 0 Å². The molecule has 2 heterocycles. The number of carbonyl (C=O) groups excluding carboxylic acids is 1. The second-order valence-electron chi connectivity index (χ2n) is 6.75. The van der Waals surface area contributed by atoms with E-state index in [0.717, 1.165) is 29.0 Å². The second-order valence-corrected chi connectivity index (χ2v) is 6.75. The van der Waals surface area contributed by atoms with Gasteiger partial charge in [0.2, 0.25) is 17.7 Å². The molecule has 0 aliphatic carbocycles. The van der Waals surface area contributed by atoms with E-state index < -0.39 is 0 Å². The minimum absolute atomic E-state index is 0.0423. The number of rotatable bonds is 10. The number of aryl methyl sites for hydroxylation is 1. The van der Waals surface area contributed by atoms with Crippen molar-refractivity contribution in [2.75, 3.05) is 14.2 Å². The molecule has 0 aliphatic heterocycles. The van der Waals surface area contributed by atoms with Gasteiger partial charge in [0.15, 0.2) is 0 Å². The number of carbonyl (C=O) groups is 1. The Bertz CT molecular complexity index is 959. The van der Waals surface area contributed by atoms with Crippen LogP contribution in [0.25, 0.3) is 0 Å². The molecule has 1 unspecified atom stereocenters. The number of pyridine rings is 1. The van der Waals surface area contributed by atoms with Crippen molar-refractivity contribution in [2.24, 2.45) is 0 Å². The van der Waals surface area contributed by atoms with Gasteiger partial charge in [-0.3, -0.25) is 9.78 Å². The van der Waals surface area contributed by atoms with Crippen LogP contribution in [-0.2, 0) is 17.6 Å². The molecule has 0 radical (unpaired) electrons. The van der Waals surface area contributed by atoms with Gasteiger partial charge in [0.25, 0.3) is 0 Å². The lowest BCUT2D eigenvalue weighted by Gasteiger charge is -2.16. The van der Waals surface area contributed by atoms with Gasteiger partial charge in [0.1, 0.15) is 11.5 Å². The van der Waals surface area contributed by atoms with Crippen molar-refractivity contribution in [3.05, 3.63) is 65.6 Å². The van der Waals surface area contributed by atoms with Crippen molar-refractivity contribution < 1.29 is 18.7 Å². The van der Waals surface area contributed by atoms with Crippen molar-refractivity contribution in [1.29, 1.82) is 0 Å². The molecule has 158 valence electrons. The first-order valence-electron chi connectivity index (χ1n) is 9.84. The van der Waals surface area contributed by atoms with E-state index in [1.807, 2.05) is 37.3 Å². The largest absolute Gasteiger partial charge is 0.497 e. The van der Waals surface area contributed by atoms with E-state index >= 15 is 0 Å². The fraction of sp³-hybridized carbons (Fsp3) is 0.364. The smallest absolute Gasteiger partial charge is 0.221 e. The number of nitrogens with one attached hydrogen (secondary N) is 1. The highest BCUT2D eigenvalue weighted by molar-refractivity contribution is 5.76. The predicted molar refractivity (Wildman–Crippen MR) is 110 cm³/mol. The normalized spacial score (nSPS) is 11.7. The number of hydrogen-bond acceptors (Lipinski definition) is 7. The molecule has 0 aliphatic rings. The Labute approximate surface area is 175 Å². The van der Waals surface area contributed by atoms with Crippen LogP contribution in [0.3, 0.4) is 0 Å². The van der Waals surface area contributed by atoms with Gasteiger partial charge in [-0.05, 0) is 42.3 Å². The molecule has 1 amide bonds. The quantitative estimate of drug-likeness (QED) is 0.547. The number of methoxy groups -OCH3 is 2. The molecule has 0 fully saturated rings. The third kappa shape index (κ3) is 5.56. The fourth-order valence-electron chi connectivity index (χ4n) is 3.15. The first-order chi connectivity index (χ1) is 14.6. The number of nitrogens with zero attached hydrogens (tertiary/aromatic N) is 3. The Morgan fingerprint density at radius 1 is 1.10 bits per heavy atom. The maximum absolute atomic E-state index is 12.4. The number of aromatic nitrogens is 3.